The van der Waals surface area contributed by atoms with Crippen LogP contribution in [-0.4, -0.2) is 68.2 Å². The number of carbonyl (C=O) groups is 1. The first kappa shape index (κ1) is 42.5. The lowest BCUT2D eigenvalue weighted by Gasteiger charge is -2.37. The Bertz CT molecular complexity index is 2560. The van der Waals surface area contributed by atoms with Gasteiger partial charge in [-0.2, -0.15) is 5.26 Å². The number of halogens is 3. The van der Waals surface area contributed by atoms with Crippen molar-refractivity contribution < 1.29 is 27.4 Å². The van der Waals surface area contributed by atoms with Crippen LogP contribution in [0.3, 0.4) is 0 Å². The van der Waals surface area contributed by atoms with Crippen LogP contribution >= 0.6 is 11.3 Å². The monoisotopic (exact) mass is 877 g/mol. The van der Waals surface area contributed by atoms with Crippen LogP contribution in [0.4, 0.5) is 19.0 Å². The van der Waals surface area contributed by atoms with Gasteiger partial charge in [0.1, 0.15) is 28.7 Å². The smallest absolute Gasteiger partial charge is 0.490 e. The molecule has 1 spiro atoms. The molecule has 2 aromatic carbocycles. The summed E-state index contributed by atoms with van der Waals surface area (Å²) in [5.74, 6) is 2.39. The number of nitrogens with one attached hydrogen (secondary N) is 1. The van der Waals surface area contributed by atoms with Crippen molar-refractivity contribution in [3.63, 3.8) is 0 Å². The van der Waals surface area contributed by atoms with E-state index < -0.39 is 12.1 Å². The highest BCUT2D eigenvalue weighted by atomic mass is 32.1. The lowest BCUT2D eigenvalue weighted by Crippen LogP contribution is -2.40. The fraction of sp³-hybridized carbons (Fsp3) is 0.468. The van der Waals surface area contributed by atoms with E-state index in [4.69, 9.17) is 15.0 Å². The molecule has 16 heteroatoms. The van der Waals surface area contributed by atoms with Crippen molar-refractivity contribution in [3.8, 4) is 22.6 Å². The largest absolute Gasteiger partial charge is 0.573 e. The lowest BCUT2D eigenvalue weighted by atomic mass is 9.68. The zero-order valence-electron chi connectivity index (χ0n) is 35.8. The summed E-state index contributed by atoms with van der Waals surface area (Å²) in [4.78, 5) is 22.1. The number of nitriles is 1. The third-order valence-electron chi connectivity index (χ3n) is 13.6. The highest BCUT2D eigenvalue weighted by molar-refractivity contribution is 7.15. The number of aryl methyl sites for hydroxylation is 2. The molecule has 9 rings (SSSR count). The molecule has 3 aromatic heterocycles. The highest BCUT2D eigenvalue weighted by Gasteiger charge is 2.42. The molecule has 3 fully saturated rings. The third-order valence-corrected chi connectivity index (χ3v) is 14.8. The summed E-state index contributed by atoms with van der Waals surface area (Å²) in [7, 11) is 0. The van der Waals surface area contributed by atoms with Crippen LogP contribution in [0.15, 0.2) is 59.6 Å². The second-order valence-electron chi connectivity index (χ2n) is 17.5. The number of thiophene rings is 1. The van der Waals surface area contributed by atoms with Crippen LogP contribution in [0.1, 0.15) is 138 Å². The van der Waals surface area contributed by atoms with Gasteiger partial charge in [0.2, 0.25) is 0 Å². The molecule has 12 nitrogen and oxygen atoms in total. The van der Waals surface area contributed by atoms with E-state index in [9.17, 15) is 18.0 Å². The molecule has 0 bridgehead atoms. The minimum Gasteiger partial charge on any atom is -0.490 e. The first-order chi connectivity index (χ1) is 30.3. The third kappa shape index (κ3) is 8.64. The Kier molecular flexibility index (Phi) is 11.5. The molecule has 2 aliphatic heterocycles. The molecule has 328 valence electrons. The summed E-state index contributed by atoms with van der Waals surface area (Å²) < 4.78 is 50.6. The number of nitrogens with zero attached hydrogens (tertiary/aromatic N) is 8. The number of fused-ring (bicyclic) bond motifs is 3. The number of rotatable bonds is 9. The number of alkyl halides is 3. The van der Waals surface area contributed by atoms with Crippen LogP contribution < -0.4 is 19.7 Å². The van der Waals surface area contributed by atoms with Gasteiger partial charge in [-0.15, -0.1) is 44.9 Å². The van der Waals surface area contributed by atoms with Gasteiger partial charge >= 0.3 is 6.36 Å². The Morgan fingerprint density at radius 3 is 2.40 bits per heavy atom. The quantitative estimate of drug-likeness (QED) is 0.153. The Balaban J connectivity index is 0.765. The zero-order valence-corrected chi connectivity index (χ0v) is 36.7. The standard InChI is InChI=1S/C47H50F3N9O3S/c1-5-37-43-57-54-29(4)59(43)45-41(27(2)28(3)63-45)42(53-37)32-8-6-30(7-9-32)31-18-20-46(21-19-31)22-23-58(26-46)40-17-16-38(55-56-40)44(60)52-34-11-14-35(15-12-34)61-36-13-10-33(25-51)39(24-36)62-47(48,49)50/h6-10,13,16-17,24,31,34-35,37H,5,11-12,14-15,18-23,26H2,1-4H3,(H,52,60). The van der Waals surface area contributed by atoms with Gasteiger partial charge in [-0.1, -0.05) is 31.2 Å². The van der Waals surface area contributed by atoms with Crippen LogP contribution in [0.5, 0.6) is 11.5 Å². The lowest BCUT2D eigenvalue weighted by molar-refractivity contribution is -0.274. The number of ether oxygens (including phenoxy) is 2. The molecule has 5 heterocycles. The number of carbonyl (C=O) groups excluding carboxylic acids is 1. The molecule has 1 N–H and O–H groups in total. The maximum atomic E-state index is 13.2. The molecule has 1 amide bonds. The average molecular weight is 878 g/mol. The predicted octanol–water partition coefficient (Wildman–Crippen LogP) is 9.79. The van der Waals surface area contributed by atoms with Crippen molar-refractivity contribution in [2.24, 2.45) is 10.4 Å². The van der Waals surface area contributed by atoms with Gasteiger partial charge in [0.05, 0.1) is 17.4 Å². The SMILES string of the molecule is CCC1N=C(c2ccc(C3CCC4(CC3)CCN(c3ccc(C(=O)NC5CCC(Oc6ccc(C#N)c(OC(F)(F)F)c6)CC5)nn3)C4)cc2)c2c(sc(C)c2C)-n2c(C)nnc21. The molecule has 5 aromatic rings. The van der Waals surface area contributed by atoms with Crippen LogP contribution in [0, 0.1) is 37.5 Å². The second-order valence-corrected chi connectivity index (χ2v) is 18.7. The number of amides is 1. The number of hydrogen-bond donors (Lipinski definition) is 1. The summed E-state index contributed by atoms with van der Waals surface area (Å²) >= 11 is 1.79. The molecular formula is C47H50F3N9O3S. The zero-order chi connectivity index (χ0) is 44.0. The Labute approximate surface area is 368 Å². The topological polar surface area (TPSA) is 143 Å². The van der Waals surface area contributed by atoms with E-state index in [0.717, 1.165) is 91.4 Å². The fourth-order valence-electron chi connectivity index (χ4n) is 9.95. The normalized spacial score (nSPS) is 23.3. The Morgan fingerprint density at radius 2 is 1.71 bits per heavy atom. The van der Waals surface area contributed by atoms with Gasteiger partial charge in [-0.3, -0.25) is 14.4 Å². The minimum absolute atomic E-state index is 0.0620. The molecular weight excluding hydrogens is 828 g/mol. The average Bonchev–Trinajstić information content (AvgIpc) is 3.93. The second kappa shape index (κ2) is 17.0. The molecule has 1 atom stereocenters. The molecule has 2 aliphatic carbocycles. The first-order valence-electron chi connectivity index (χ1n) is 21.9. The van der Waals surface area contributed by atoms with Crippen molar-refractivity contribution in [1.29, 1.82) is 5.26 Å². The van der Waals surface area contributed by atoms with Crippen molar-refractivity contribution in [2.45, 2.75) is 122 Å². The molecule has 63 heavy (non-hydrogen) atoms. The van der Waals surface area contributed by atoms with Crippen LogP contribution in [0.2, 0.25) is 0 Å². The van der Waals surface area contributed by atoms with Crippen molar-refractivity contribution in [2.75, 3.05) is 18.0 Å². The van der Waals surface area contributed by atoms with Gasteiger partial charge in [-0.25, -0.2) is 0 Å². The Morgan fingerprint density at radius 1 is 0.952 bits per heavy atom. The molecule has 1 saturated heterocycles. The Hall–Kier alpha value is -5.82. The molecule has 2 saturated carbocycles. The van der Waals surface area contributed by atoms with E-state index >= 15 is 0 Å². The number of aromatic nitrogens is 5. The van der Waals surface area contributed by atoms with E-state index in [1.807, 2.05) is 13.0 Å². The summed E-state index contributed by atoms with van der Waals surface area (Å²) in [5, 5.41) is 31.2. The van der Waals surface area contributed by atoms with E-state index in [2.05, 4.69) is 85.0 Å². The fourth-order valence-corrected chi connectivity index (χ4v) is 11.2. The number of anilines is 1. The molecule has 0 radical (unpaired) electrons. The summed E-state index contributed by atoms with van der Waals surface area (Å²) in [6.45, 7) is 10.4. The number of benzene rings is 2. The van der Waals surface area contributed by atoms with E-state index in [1.165, 1.54) is 33.7 Å². The highest BCUT2D eigenvalue weighted by Crippen LogP contribution is 2.49. The summed E-state index contributed by atoms with van der Waals surface area (Å²) in [5.41, 5.74) is 6.27. The predicted molar refractivity (Wildman–Crippen MR) is 233 cm³/mol. The van der Waals surface area contributed by atoms with Gasteiger partial charge in [0.15, 0.2) is 23.1 Å². The number of hydrogen-bond acceptors (Lipinski definition) is 11. The maximum absolute atomic E-state index is 13.2. The van der Waals surface area contributed by atoms with Gasteiger partial charge < -0.3 is 19.7 Å². The van der Waals surface area contributed by atoms with E-state index in [1.54, 1.807) is 23.5 Å². The van der Waals surface area contributed by atoms with E-state index in [0.29, 0.717) is 31.6 Å². The van der Waals surface area contributed by atoms with Crippen LogP contribution in [0.25, 0.3) is 5.00 Å². The maximum Gasteiger partial charge on any atom is 0.573 e. The van der Waals surface area contributed by atoms with Gasteiger partial charge in [0, 0.05) is 41.2 Å². The molecule has 4 aliphatic rings. The van der Waals surface area contributed by atoms with Crippen molar-refractivity contribution in [3.05, 3.63) is 105 Å². The number of aliphatic imine (C=N–C) groups is 1. The molecule has 1 unspecified atom stereocenters. The van der Waals surface area contributed by atoms with Crippen LogP contribution in [-0.2, 0) is 0 Å². The van der Waals surface area contributed by atoms with Gasteiger partial charge in [-0.05, 0) is 132 Å². The first-order valence-corrected chi connectivity index (χ1v) is 22.7. The summed E-state index contributed by atoms with van der Waals surface area (Å²) in [6, 6.07) is 18.1. The van der Waals surface area contributed by atoms with Gasteiger partial charge in [0.25, 0.3) is 5.91 Å². The van der Waals surface area contributed by atoms with Crippen molar-refractivity contribution in [1.82, 2.24) is 30.3 Å². The van der Waals surface area contributed by atoms with Crippen molar-refractivity contribution >= 4 is 28.8 Å². The summed E-state index contributed by atoms with van der Waals surface area (Å²) in [6.07, 6.45) is 3.79. The van der Waals surface area contributed by atoms with E-state index in [-0.39, 0.29) is 46.5 Å². The minimum atomic E-state index is -4.93.